The molecule has 76 valence electrons. The van der Waals surface area contributed by atoms with Gasteiger partial charge in [-0.15, -0.1) is 0 Å². The molecular formula is C6H12N2O4S. The summed E-state index contributed by atoms with van der Waals surface area (Å²) in [5.74, 6) is -1.16. The average Bonchev–Trinajstić information content (AvgIpc) is 2.69. The SMILES string of the molecule is CN(CC(=O)O)S(=O)(=O)NC1CC1. The first-order chi connectivity index (χ1) is 5.92. The number of hydrogen-bond acceptors (Lipinski definition) is 3. The number of carbonyl (C=O) groups is 1. The van der Waals surface area contributed by atoms with E-state index in [0.717, 1.165) is 17.1 Å². The van der Waals surface area contributed by atoms with Crippen molar-refractivity contribution >= 4 is 16.2 Å². The molecule has 1 aliphatic rings. The highest BCUT2D eigenvalue weighted by atomic mass is 32.2. The maximum atomic E-state index is 11.3. The lowest BCUT2D eigenvalue weighted by Crippen LogP contribution is -2.41. The van der Waals surface area contributed by atoms with Gasteiger partial charge in [0.05, 0.1) is 0 Å². The number of carboxylic acid groups (broad SMARTS) is 1. The molecule has 0 aromatic heterocycles. The molecule has 0 saturated heterocycles. The van der Waals surface area contributed by atoms with Crippen LogP contribution in [0.25, 0.3) is 0 Å². The molecular weight excluding hydrogens is 196 g/mol. The Morgan fingerprint density at radius 1 is 1.62 bits per heavy atom. The van der Waals surface area contributed by atoms with Crippen LogP contribution in [-0.4, -0.2) is 43.4 Å². The Labute approximate surface area is 76.7 Å². The molecule has 13 heavy (non-hydrogen) atoms. The fourth-order valence-corrected chi connectivity index (χ4v) is 1.89. The lowest BCUT2D eigenvalue weighted by molar-refractivity contribution is -0.137. The Balaban J connectivity index is 2.51. The standard InChI is InChI=1S/C6H12N2O4S/c1-8(4-6(9)10)13(11,12)7-5-2-3-5/h5,7H,2-4H2,1H3,(H,9,10). The number of nitrogens with zero attached hydrogens (tertiary/aromatic N) is 1. The average molecular weight is 208 g/mol. The van der Waals surface area contributed by atoms with Gasteiger partial charge < -0.3 is 5.11 Å². The zero-order chi connectivity index (χ0) is 10.1. The Morgan fingerprint density at radius 3 is 2.54 bits per heavy atom. The first-order valence-corrected chi connectivity index (χ1v) is 5.31. The second kappa shape index (κ2) is 3.60. The van der Waals surface area contributed by atoms with Gasteiger partial charge in [-0.05, 0) is 12.8 Å². The Morgan fingerprint density at radius 2 is 2.15 bits per heavy atom. The van der Waals surface area contributed by atoms with Crippen LogP contribution in [0.2, 0.25) is 0 Å². The molecule has 6 nitrogen and oxygen atoms in total. The summed E-state index contributed by atoms with van der Waals surface area (Å²) in [6.07, 6.45) is 1.67. The maximum Gasteiger partial charge on any atom is 0.318 e. The highest BCUT2D eigenvalue weighted by Gasteiger charge is 2.29. The van der Waals surface area contributed by atoms with Crippen molar-refractivity contribution in [2.45, 2.75) is 18.9 Å². The molecule has 0 aromatic rings. The van der Waals surface area contributed by atoms with Gasteiger partial charge in [-0.2, -0.15) is 17.4 Å². The third kappa shape index (κ3) is 3.29. The number of aliphatic carboxylic acids is 1. The minimum Gasteiger partial charge on any atom is -0.480 e. The zero-order valence-corrected chi connectivity index (χ0v) is 8.04. The number of carboxylic acids is 1. The van der Waals surface area contributed by atoms with Crippen molar-refractivity contribution in [2.75, 3.05) is 13.6 Å². The van der Waals surface area contributed by atoms with Gasteiger partial charge in [0, 0.05) is 13.1 Å². The summed E-state index contributed by atoms with van der Waals surface area (Å²) < 4.78 is 25.7. The first kappa shape index (κ1) is 10.4. The van der Waals surface area contributed by atoms with Gasteiger partial charge in [0.1, 0.15) is 6.54 Å². The van der Waals surface area contributed by atoms with Crippen LogP contribution >= 0.6 is 0 Å². The van der Waals surface area contributed by atoms with E-state index in [-0.39, 0.29) is 6.04 Å². The monoisotopic (exact) mass is 208 g/mol. The molecule has 1 rings (SSSR count). The van der Waals surface area contributed by atoms with Gasteiger partial charge in [0.15, 0.2) is 0 Å². The van der Waals surface area contributed by atoms with E-state index in [9.17, 15) is 13.2 Å². The molecule has 2 N–H and O–H groups in total. The Hall–Kier alpha value is -0.660. The quantitative estimate of drug-likeness (QED) is 0.606. The van der Waals surface area contributed by atoms with E-state index in [0.29, 0.717) is 0 Å². The molecule has 0 aliphatic heterocycles. The molecule has 0 unspecified atom stereocenters. The number of likely N-dealkylation sites (N-methyl/N-ethyl adjacent to an activating group) is 1. The topological polar surface area (TPSA) is 86.7 Å². The highest BCUT2D eigenvalue weighted by Crippen LogP contribution is 2.20. The molecule has 0 heterocycles. The molecule has 0 atom stereocenters. The molecule has 0 amide bonds. The lowest BCUT2D eigenvalue weighted by Gasteiger charge is -2.14. The maximum absolute atomic E-state index is 11.3. The summed E-state index contributed by atoms with van der Waals surface area (Å²) >= 11 is 0. The van der Waals surface area contributed by atoms with E-state index in [2.05, 4.69) is 4.72 Å². The van der Waals surface area contributed by atoms with Gasteiger partial charge in [0.25, 0.3) is 10.2 Å². The van der Waals surface area contributed by atoms with Crippen molar-refractivity contribution in [1.82, 2.24) is 9.03 Å². The normalized spacial score (nSPS) is 17.7. The predicted molar refractivity (Wildman–Crippen MR) is 45.3 cm³/mol. The van der Waals surface area contributed by atoms with Crippen LogP contribution in [-0.2, 0) is 15.0 Å². The summed E-state index contributed by atoms with van der Waals surface area (Å²) in [6, 6.07) is 0.00115. The summed E-state index contributed by atoms with van der Waals surface area (Å²) in [6.45, 7) is -0.512. The third-order valence-corrected chi connectivity index (χ3v) is 3.24. The number of nitrogens with one attached hydrogen (secondary N) is 1. The summed E-state index contributed by atoms with van der Waals surface area (Å²) in [7, 11) is -2.35. The molecule has 0 spiro atoms. The van der Waals surface area contributed by atoms with E-state index >= 15 is 0 Å². The van der Waals surface area contributed by atoms with Gasteiger partial charge in [-0.25, -0.2) is 0 Å². The first-order valence-electron chi connectivity index (χ1n) is 3.87. The van der Waals surface area contributed by atoms with Gasteiger partial charge in [0.2, 0.25) is 0 Å². The predicted octanol–water partition coefficient (Wildman–Crippen LogP) is -1.00. The zero-order valence-electron chi connectivity index (χ0n) is 7.23. The van der Waals surface area contributed by atoms with Crippen LogP contribution in [0.4, 0.5) is 0 Å². The lowest BCUT2D eigenvalue weighted by atomic mass is 10.7. The number of hydrogen-bond donors (Lipinski definition) is 2. The Bertz CT molecular complexity index is 296. The van der Waals surface area contributed by atoms with Crippen LogP contribution in [0.1, 0.15) is 12.8 Å². The van der Waals surface area contributed by atoms with E-state index in [4.69, 9.17) is 5.11 Å². The molecule has 7 heteroatoms. The summed E-state index contributed by atoms with van der Waals surface area (Å²) in [5, 5.41) is 8.36. The third-order valence-electron chi connectivity index (χ3n) is 1.66. The second-order valence-corrected chi connectivity index (χ2v) is 4.86. The molecule has 1 aliphatic carbocycles. The van der Waals surface area contributed by atoms with E-state index < -0.39 is 22.7 Å². The van der Waals surface area contributed by atoms with Crippen LogP contribution in [0.5, 0.6) is 0 Å². The van der Waals surface area contributed by atoms with Crippen molar-refractivity contribution in [3.8, 4) is 0 Å². The van der Waals surface area contributed by atoms with Gasteiger partial charge in [-0.3, -0.25) is 4.79 Å². The largest absolute Gasteiger partial charge is 0.480 e. The molecule has 1 saturated carbocycles. The molecule has 0 aromatic carbocycles. The fourth-order valence-electron chi connectivity index (χ4n) is 0.777. The molecule has 0 radical (unpaired) electrons. The van der Waals surface area contributed by atoms with E-state index in [1.54, 1.807) is 0 Å². The molecule has 0 bridgehead atoms. The van der Waals surface area contributed by atoms with E-state index in [1.165, 1.54) is 7.05 Å². The van der Waals surface area contributed by atoms with Crippen molar-refractivity contribution in [3.05, 3.63) is 0 Å². The van der Waals surface area contributed by atoms with Crippen molar-refractivity contribution in [1.29, 1.82) is 0 Å². The smallest absolute Gasteiger partial charge is 0.318 e. The highest BCUT2D eigenvalue weighted by molar-refractivity contribution is 7.87. The van der Waals surface area contributed by atoms with Crippen LogP contribution in [0.3, 0.4) is 0 Å². The van der Waals surface area contributed by atoms with Crippen LogP contribution in [0, 0.1) is 0 Å². The van der Waals surface area contributed by atoms with Gasteiger partial charge >= 0.3 is 5.97 Å². The van der Waals surface area contributed by atoms with Crippen LogP contribution in [0.15, 0.2) is 0 Å². The fraction of sp³-hybridized carbons (Fsp3) is 0.833. The van der Waals surface area contributed by atoms with Crippen molar-refractivity contribution < 1.29 is 18.3 Å². The summed E-state index contributed by atoms with van der Waals surface area (Å²) in [5.41, 5.74) is 0. The van der Waals surface area contributed by atoms with Crippen molar-refractivity contribution in [2.24, 2.45) is 0 Å². The minimum atomic E-state index is -3.59. The minimum absolute atomic E-state index is 0.00115. The number of rotatable bonds is 5. The second-order valence-electron chi connectivity index (χ2n) is 3.05. The van der Waals surface area contributed by atoms with E-state index in [1.807, 2.05) is 0 Å². The summed E-state index contributed by atoms with van der Waals surface area (Å²) in [4.78, 5) is 10.2. The molecule has 1 fully saturated rings. The Kier molecular flexibility index (Phi) is 2.89. The van der Waals surface area contributed by atoms with Gasteiger partial charge in [-0.1, -0.05) is 0 Å². The van der Waals surface area contributed by atoms with Crippen LogP contribution < -0.4 is 4.72 Å². The van der Waals surface area contributed by atoms with Crippen molar-refractivity contribution in [3.63, 3.8) is 0 Å².